The van der Waals surface area contributed by atoms with Crippen molar-refractivity contribution in [2.75, 3.05) is 32.9 Å². The molecule has 3 aliphatic heterocycles. The van der Waals surface area contributed by atoms with Gasteiger partial charge >= 0.3 is 0 Å². The van der Waals surface area contributed by atoms with Crippen molar-refractivity contribution >= 4 is 22.6 Å². The molecule has 1 atom stereocenters. The Morgan fingerprint density at radius 3 is 2.61 bits per heavy atom. The standard InChI is InChI=1S/C26H31N3O4/c30-24(22-21-4-2-1-3-19(21)7-12-27-22)28-13-8-20(9-14-28)29-25(31)23(33-17-18-5-6-18)26(29)10-15-32-16-11-26/h1-4,7,12,18,20,23H,5-6,8-11,13-17H2. The molecule has 7 nitrogen and oxygen atoms in total. The number of β-lactam (4-membered cyclic amide) rings is 1. The third kappa shape index (κ3) is 3.62. The van der Waals surface area contributed by atoms with Crippen molar-refractivity contribution < 1.29 is 19.1 Å². The number of benzene rings is 1. The van der Waals surface area contributed by atoms with E-state index >= 15 is 0 Å². The minimum Gasteiger partial charge on any atom is -0.381 e. The smallest absolute Gasteiger partial charge is 0.273 e. The molecule has 0 bridgehead atoms. The van der Waals surface area contributed by atoms with Crippen LogP contribution in [0.25, 0.3) is 10.8 Å². The van der Waals surface area contributed by atoms with Crippen LogP contribution in [0.15, 0.2) is 36.5 Å². The summed E-state index contributed by atoms with van der Waals surface area (Å²) in [6.45, 7) is 3.34. The number of hydrogen-bond donors (Lipinski definition) is 0. The second-order valence-electron chi connectivity index (χ2n) is 9.99. The Hall–Kier alpha value is -2.51. The normalized spacial score (nSPS) is 25.5. The maximum Gasteiger partial charge on any atom is 0.273 e. The van der Waals surface area contributed by atoms with Crippen molar-refractivity contribution in [3.8, 4) is 0 Å². The van der Waals surface area contributed by atoms with Gasteiger partial charge in [0, 0.05) is 43.9 Å². The van der Waals surface area contributed by atoms with Crippen LogP contribution in [0.1, 0.15) is 49.0 Å². The number of aromatic nitrogens is 1. The zero-order valence-electron chi connectivity index (χ0n) is 18.9. The lowest BCUT2D eigenvalue weighted by Crippen LogP contribution is -2.79. The van der Waals surface area contributed by atoms with E-state index in [1.54, 1.807) is 6.20 Å². The van der Waals surface area contributed by atoms with Crippen LogP contribution in [0.3, 0.4) is 0 Å². The third-order valence-electron chi connectivity index (χ3n) is 7.98. The molecular weight excluding hydrogens is 418 g/mol. The first-order valence-electron chi connectivity index (χ1n) is 12.3. The summed E-state index contributed by atoms with van der Waals surface area (Å²) in [5.41, 5.74) is 0.291. The number of carbonyl (C=O) groups is 2. The highest BCUT2D eigenvalue weighted by atomic mass is 16.5. The Morgan fingerprint density at radius 1 is 1.09 bits per heavy atom. The lowest BCUT2D eigenvalue weighted by Gasteiger charge is -2.62. The number of pyridine rings is 1. The van der Waals surface area contributed by atoms with E-state index in [1.165, 1.54) is 12.8 Å². The molecule has 1 aromatic carbocycles. The highest BCUT2D eigenvalue weighted by Gasteiger charge is 2.63. The van der Waals surface area contributed by atoms with Crippen LogP contribution < -0.4 is 0 Å². The van der Waals surface area contributed by atoms with E-state index in [0.29, 0.717) is 44.5 Å². The number of fused-ring (bicyclic) bond motifs is 1. The number of hydrogen-bond acceptors (Lipinski definition) is 5. The molecule has 4 aliphatic rings. The van der Waals surface area contributed by atoms with Crippen LogP contribution >= 0.6 is 0 Å². The monoisotopic (exact) mass is 449 g/mol. The van der Waals surface area contributed by atoms with Crippen LogP contribution in [0.5, 0.6) is 0 Å². The van der Waals surface area contributed by atoms with E-state index in [4.69, 9.17) is 9.47 Å². The lowest BCUT2D eigenvalue weighted by atomic mass is 9.72. The highest BCUT2D eigenvalue weighted by molar-refractivity contribution is 6.05. The van der Waals surface area contributed by atoms with Crippen molar-refractivity contribution in [2.45, 2.75) is 56.2 Å². The van der Waals surface area contributed by atoms with Gasteiger partial charge in [-0.25, -0.2) is 0 Å². The molecule has 1 aliphatic carbocycles. The molecule has 1 unspecified atom stereocenters. The molecule has 33 heavy (non-hydrogen) atoms. The van der Waals surface area contributed by atoms with E-state index in [1.807, 2.05) is 35.2 Å². The second-order valence-corrected chi connectivity index (χ2v) is 9.99. The largest absolute Gasteiger partial charge is 0.381 e. The molecule has 6 rings (SSSR count). The van der Waals surface area contributed by atoms with Crippen molar-refractivity contribution in [3.63, 3.8) is 0 Å². The van der Waals surface area contributed by atoms with E-state index in [0.717, 1.165) is 36.5 Å². The number of amides is 2. The first kappa shape index (κ1) is 21.1. The van der Waals surface area contributed by atoms with Gasteiger partial charge in [-0.15, -0.1) is 0 Å². The van der Waals surface area contributed by atoms with Gasteiger partial charge in [-0.3, -0.25) is 14.6 Å². The minimum absolute atomic E-state index is 0.0217. The molecule has 0 radical (unpaired) electrons. The number of ether oxygens (including phenoxy) is 2. The first-order chi connectivity index (χ1) is 16.2. The van der Waals surface area contributed by atoms with Gasteiger partial charge in [-0.05, 0) is 55.9 Å². The SMILES string of the molecule is O=C(c1nccc2ccccc12)N1CCC(N2C(=O)C(OCC3CC3)C23CCOCC3)CC1. The predicted octanol–water partition coefficient (Wildman–Crippen LogP) is 3.03. The first-order valence-corrected chi connectivity index (χ1v) is 12.3. The molecule has 1 aromatic heterocycles. The summed E-state index contributed by atoms with van der Waals surface area (Å²) >= 11 is 0. The average molecular weight is 450 g/mol. The summed E-state index contributed by atoms with van der Waals surface area (Å²) in [4.78, 5) is 34.9. The summed E-state index contributed by atoms with van der Waals surface area (Å²) < 4.78 is 11.8. The minimum atomic E-state index is -0.318. The number of likely N-dealkylation sites (tertiary alicyclic amines) is 2. The third-order valence-corrected chi connectivity index (χ3v) is 7.98. The molecule has 3 saturated heterocycles. The van der Waals surface area contributed by atoms with Crippen LogP contribution in [0.4, 0.5) is 0 Å². The van der Waals surface area contributed by atoms with Gasteiger partial charge in [-0.2, -0.15) is 0 Å². The second kappa shape index (κ2) is 8.37. The van der Waals surface area contributed by atoms with E-state index in [-0.39, 0.29) is 29.5 Å². The molecule has 1 spiro atoms. The Kier molecular flexibility index (Phi) is 5.34. The van der Waals surface area contributed by atoms with Crippen molar-refractivity contribution in [1.29, 1.82) is 0 Å². The summed E-state index contributed by atoms with van der Waals surface area (Å²) in [6.07, 6.45) is 7.09. The van der Waals surface area contributed by atoms with Crippen molar-refractivity contribution in [2.24, 2.45) is 5.92 Å². The van der Waals surface area contributed by atoms with Crippen molar-refractivity contribution in [3.05, 3.63) is 42.2 Å². The van der Waals surface area contributed by atoms with Crippen LogP contribution in [0.2, 0.25) is 0 Å². The molecule has 4 heterocycles. The molecule has 7 heteroatoms. The maximum atomic E-state index is 13.3. The molecule has 4 fully saturated rings. The Labute approximate surface area is 194 Å². The number of carbonyl (C=O) groups excluding carboxylic acids is 2. The lowest BCUT2D eigenvalue weighted by molar-refractivity contribution is -0.219. The van der Waals surface area contributed by atoms with Gasteiger partial charge in [0.25, 0.3) is 11.8 Å². The summed E-state index contributed by atoms with van der Waals surface area (Å²) in [5.74, 6) is 0.755. The van der Waals surface area contributed by atoms with Gasteiger partial charge < -0.3 is 19.3 Å². The summed E-state index contributed by atoms with van der Waals surface area (Å²) in [6, 6.07) is 9.96. The molecule has 0 N–H and O–H groups in total. The quantitative estimate of drug-likeness (QED) is 0.656. The molecule has 174 valence electrons. The van der Waals surface area contributed by atoms with Crippen LogP contribution in [0, 0.1) is 5.92 Å². The van der Waals surface area contributed by atoms with Crippen LogP contribution in [-0.4, -0.2) is 77.2 Å². The zero-order chi connectivity index (χ0) is 22.4. The van der Waals surface area contributed by atoms with Crippen molar-refractivity contribution in [1.82, 2.24) is 14.8 Å². The zero-order valence-corrected chi connectivity index (χ0v) is 18.9. The number of piperidine rings is 1. The van der Waals surface area contributed by atoms with Gasteiger partial charge in [0.1, 0.15) is 5.69 Å². The average Bonchev–Trinajstić information content (AvgIpc) is 3.69. The summed E-state index contributed by atoms with van der Waals surface area (Å²) in [7, 11) is 0. The van der Waals surface area contributed by atoms with Crippen LogP contribution in [-0.2, 0) is 14.3 Å². The van der Waals surface area contributed by atoms with E-state index in [9.17, 15) is 9.59 Å². The fraction of sp³-hybridized carbons (Fsp3) is 0.577. The molecular formula is C26H31N3O4. The number of rotatable bonds is 5. The Bertz CT molecular complexity index is 1050. The maximum absolute atomic E-state index is 13.3. The van der Waals surface area contributed by atoms with Gasteiger partial charge in [0.15, 0.2) is 6.10 Å². The molecule has 1 saturated carbocycles. The van der Waals surface area contributed by atoms with E-state index < -0.39 is 0 Å². The van der Waals surface area contributed by atoms with Gasteiger partial charge in [0.2, 0.25) is 0 Å². The fourth-order valence-electron chi connectivity index (χ4n) is 5.92. The van der Waals surface area contributed by atoms with Gasteiger partial charge in [0.05, 0.1) is 12.1 Å². The Balaban J connectivity index is 1.15. The van der Waals surface area contributed by atoms with Gasteiger partial charge in [-0.1, -0.05) is 24.3 Å². The summed E-state index contributed by atoms with van der Waals surface area (Å²) in [5, 5.41) is 1.91. The number of nitrogens with zero attached hydrogens (tertiary/aromatic N) is 3. The molecule has 2 amide bonds. The highest BCUT2D eigenvalue weighted by Crippen LogP contribution is 2.46. The fourth-order valence-corrected chi connectivity index (χ4v) is 5.92. The predicted molar refractivity (Wildman–Crippen MR) is 123 cm³/mol. The Morgan fingerprint density at radius 2 is 1.85 bits per heavy atom. The topological polar surface area (TPSA) is 72.0 Å². The van der Waals surface area contributed by atoms with E-state index in [2.05, 4.69) is 9.88 Å². The molecule has 2 aromatic rings.